The van der Waals surface area contributed by atoms with Gasteiger partial charge in [-0.1, -0.05) is 16.5 Å². The normalized spacial score (nSPS) is 10.9. The Morgan fingerprint density at radius 1 is 1.31 bits per heavy atom. The Hall–Kier alpha value is -2.88. The second kappa shape index (κ2) is 7.56. The molecule has 0 radical (unpaired) electrons. The average molecular weight is 374 g/mol. The van der Waals surface area contributed by atoms with Crippen LogP contribution < -0.4 is 10.9 Å². The maximum Gasteiger partial charge on any atom is 0.261 e. The van der Waals surface area contributed by atoms with Gasteiger partial charge in [0.1, 0.15) is 5.01 Å². The fourth-order valence-electron chi connectivity index (χ4n) is 2.45. The lowest BCUT2D eigenvalue weighted by atomic mass is 10.2. The Kier molecular flexibility index (Phi) is 5.21. The third-order valence-electron chi connectivity index (χ3n) is 3.76. The lowest BCUT2D eigenvalue weighted by Gasteiger charge is -2.07. The van der Waals surface area contributed by atoms with Crippen molar-refractivity contribution in [2.24, 2.45) is 0 Å². The van der Waals surface area contributed by atoms with E-state index in [1.54, 1.807) is 10.6 Å². The summed E-state index contributed by atoms with van der Waals surface area (Å²) in [4.78, 5) is 28.6. The smallest absolute Gasteiger partial charge is 0.261 e. The molecule has 0 saturated heterocycles. The van der Waals surface area contributed by atoms with Gasteiger partial charge in [-0.05, 0) is 32.9 Å². The Bertz CT molecular complexity index is 990. The number of aromatic nitrogens is 5. The zero-order valence-electron chi connectivity index (χ0n) is 14.6. The van der Waals surface area contributed by atoms with Crippen LogP contribution in [0.1, 0.15) is 29.9 Å². The molecule has 0 aliphatic carbocycles. The second-order valence-corrected chi connectivity index (χ2v) is 6.81. The van der Waals surface area contributed by atoms with Crippen LogP contribution in [-0.4, -0.2) is 30.8 Å². The first-order chi connectivity index (χ1) is 12.5. The minimum absolute atomic E-state index is 0.160. The molecular weight excluding hydrogens is 356 g/mol. The van der Waals surface area contributed by atoms with Crippen molar-refractivity contribution in [3.8, 4) is 11.4 Å². The maximum atomic E-state index is 12.5. The molecule has 9 nitrogen and oxygen atoms in total. The summed E-state index contributed by atoms with van der Waals surface area (Å²) in [5.74, 6) is 0.309. The van der Waals surface area contributed by atoms with Crippen molar-refractivity contribution in [1.82, 2.24) is 24.9 Å². The van der Waals surface area contributed by atoms with Gasteiger partial charge in [-0.3, -0.25) is 9.59 Å². The third kappa shape index (κ3) is 3.85. The van der Waals surface area contributed by atoms with Crippen LogP contribution in [0.5, 0.6) is 0 Å². The van der Waals surface area contributed by atoms with Crippen LogP contribution in [0.2, 0.25) is 0 Å². The highest BCUT2D eigenvalue weighted by atomic mass is 32.1. The topological polar surface area (TPSA) is 116 Å². The molecule has 3 aromatic heterocycles. The molecule has 1 N–H and O–H groups in total. The van der Waals surface area contributed by atoms with Gasteiger partial charge in [0.25, 0.3) is 5.56 Å². The summed E-state index contributed by atoms with van der Waals surface area (Å²) in [7, 11) is 0. The molecule has 0 bridgehead atoms. The number of pyridine rings is 1. The fourth-order valence-corrected chi connectivity index (χ4v) is 3.06. The largest absolute Gasteiger partial charge is 0.339 e. The van der Waals surface area contributed by atoms with E-state index < -0.39 is 0 Å². The van der Waals surface area contributed by atoms with Crippen LogP contribution in [-0.2, 0) is 17.8 Å². The molecule has 10 heteroatoms. The summed E-state index contributed by atoms with van der Waals surface area (Å²) in [6.07, 6.45) is 0.428. The Morgan fingerprint density at radius 2 is 2.12 bits per heavy atom. The molecule has 3 rings (SSSR count). The van der Waals surface area contributed by atoms with E-state index in [0.29, 0.717) is 23.1 Å². The van der Waals surface area contributed by atoms with Gasteiger partial charge < -0.3 is 14.4 Å². The van der Waals surface area contributed by atoms with Crippen LogP contribution >= 0.6 is 11.3 Å². The predicted molar refractivity (Wildman–Crippen MR) is 96.0 cm³/mol. The van der Waals surface area contributed by atoms with Crippen molar-refractivity contribution < 1.29 is 9.32 Å². The zero-order chi connectivity index (χ0) is 18.7. The first kappa shape index (κ1) is 17.9. The molecule has 3 heterocycles. The van der Waals surface area contributed by atoms with Crippen LogP contribution in [0.4, 0.5) is 5.13 Å². The lowest BCUT2D eigenvalue weighted by Crippen LogP contribution is -2.23. The monoisotopic (exact) mass is 374 g/mol. The summed E-state index contributed by atoms with van der Waals surface area (Å²) in [5.41, 5.74) is 1.08. The van der Waals surface area contributed by atoms with Gasteiger partial charge in [-0.25, -0.2) is 0 Å². The number of aryl methyl sites for hydroxylation is 3. The van der Waals surface area contributed by atoms with Gasteiger partial charge in [0, 0.05) is 25.1 Å². The molecular formula is C16H18N6O3S. The molecule has 1 amide bonds. The molecule has 136 valence electrons. The highest BCUT2D eigenvalue weighted by Gasteiger charge is 2.15. The Morgan fingerprint density at radius 3 is 2.81 bits per heavy atom. The number of nitrogens with zero attached hydrogens (tertiary/aromatic N) is 5. The van der Waals surface area contributed by atoms with Crippen molar-refractivity contribution in [3.05, 3.63) is 39.1 Å². The van der Waals surface area contributed by atoms with Crippen LogP contribution in [0.25, 0.3) is 11.4 Å². The summed E-state index contributed by atoms with van der Waals surface area (Å²) >= 11 is 1.30. The molecule has 0 spiro atoms. The first-order valence-electron chi connectivity index (χ1n) is 8.11. The molecule has 0 atom stereocenters. The van der Waals surface area contributed by atoms with Gasteiger partial charge in [0.2, 0.25) is 22.8 Å². The van der Waals surface area contributed by atoms with Crippen LogP contribution in [0, 0.1) is 13.8 Å². The van der Waals surface area contributed by atoms with Crippen LogP contribution in [0.15, 0.2) is 21.5 Å². The number of hydrogen-bond acceptors (Lipinski definition) is 8. The SMILES string of the molecule is CCn1c(C)ccc(-c2noc(CCC(=O)Nc3nnc(C)s3)n2)c1=O. The summed E-state index contributed by atoms with van der Waals surface area (Å²) in [5, 5.41) is 15.4. The van der Waals surface area contributed by atoms with E-state index in [1.165, 1.54) is 11.3 Å². The molecule has 0 aliphatic rings. The highest BCUT2D eigenvalue weighted by molar-refractivity contribution is 7.15. The summed E-state index contributed by atoms with van der Waals surface area (Å²) in [6, 6.07) is 3.52. The predicted octanol–water partition coefficient (Wildman–Crippen LogP) is 1.96. The molecule has 0 aromatic carbocycles. The van der Waals surface area contributed by atoms with E-state index in [9.17, 15) is 9.59 Å². The Balaban J connectivity index is 1.67. The minimum atomic E-state index is -0.218. The molecule has 0 aliphatic heterocycles. The molecule has 0 saturated carbocycles. The first-order valence-corrected chi connectivity index (χ1v) is 8.93. The van der Waals surface area contributed by atoms with E-state index in [0.717, 1.165) is 10.7 Å². The van der Waals surface area contributed by atoms with Crippen molar-refractivity contribution in [2.45, 2.75) is 40.2 Å². The number of anilines is 1. The number of carbonyl (C=O) groups is 1. The number of nitrogens with one attached hydrogen (secondary N) is 1. The molecule has 0 unspecified atom stereocenters. The van der Waals surface area contributed by atoms with Gasteiger partial charge in [0.15, 0.2) is 0 Å². The van der Waals surface area contributed by atoms with Gasteiger partial charge in [0.05, 0.1) is 5.56 Å². The van der Waals surface area contributed by atoms with Crippen LogP contribution in [0.3, 0.4) is 0 Å². The highest BCUT2D eigenvalue weighted by Crippen LogP contribution is 2.15. The molecule has 26 heavy (non-hydrogen) atoms. The number of rotatable bonds is 6. The maximum absolute atomic E-state index is 12.5. The fraction of sp³-hybridized carbons (Fsp3) is 0.375. The van der Waals surface area contributed by atoms with E-state index in [1.807, 2.05) is 26.8 Å². The average Bonchev–Trinajstić information content (AvgIpc) is 3.23. The van der Waals surface area contributed by atoms with Crippen molar-refractivity contribution in [2.75, 3.05) is 5.32 Å². The molecule has 0 fully saturated rings. The quantitative estimate of drug-likeness (QED) is 0.701. The van der Waals surface area contributed by atoms with Gasteiger partial charge in [-0.2, -0.15) is 4.98 Å². The van der Waals surface area contributed by atoms with E-state index in [-0.39, 0.29) is 30.1 Å². The van der Waals surface area contributed by atoms with E-state index in [4.69, 9.17) is 4.52 Å². The van der Waals surface area contributed by atoms with Crippen molar-refractivity contribution in [1.29, 1.82) is 0 Å². The number of hydrogen-bond donors (Lipinski definition) is 1. The number of carbonyl (C=O) groups excluding carboxylic acids is 1. The second-order valence-electron chi connectivity index (χ2n) is 5.62. The minimum Gasteiger partial charge on any atom is -0.339 e. The third-order valence-corrected chi connectivity index (χ3v) is 4.51. The van der Waals surface area contributed by atoms with Crippen molar-refractivity contribution >= 4 is 22.4 Å². The summed E-state index contributed by atoms with van der Waals surface area (Å²) in [6.45, 7) is 6.14. The van der Waals surface area contributed by atoms with E-state index in [2.05, 4.69) is 25.7 Å². The lowest BCUT2D eigenvalue weighted by molar-refractivity contribution is -0.116. The van der Waals surface area contributed by atoms with Gasteiger partial charge in [-0.15, -0.1) is 10.2 Å². The molecule has 3 aromatic rings. The van der Waals surface area contributed by atoms with Gasteiger partial charge >= 0.3 is 0 Å². The summed E-state index contributed by atoms with van der Waals surface area (Å²) < 4.78 is 6.81. The number of amides is 1. The van der Waals surface area contributed by atoms with E-state index >= 15 is 0 Å². The zero-order valence-corrected chi connectivity index (χ0v) is 15.5. The standard InChI is InChI=1S/C16H18N6O3S/c1-4-22-9(2)5-6-11(15(22)24)14-18-13(25-21-14)8-7-12(23)17-16-20-19-10(3)26-16/h5-6H,4,7-8H2,1-3H3,(H,17,20,23). The van der Waals surface area contributed by atoms with Crippen molar-refractivity contribution in [3.63, 3.8) is 0 Å². The Labute approximate surface area is 153 Å².